The van der Waals surface area contributed by atoms with Gasteiger partial charge in [0.05, 0.1) is 0 Å². The van der Waals surface area contributed by atoms with Crippen molar-refractivity contribution in [1.29, 1.82) is 0 Å². The average Bonchev–Trinajstić information content (AvgIpc) is 3.08. The third-order valence-corrected chi connectivity index (χ3v) is 3.70. The number of imide groups is 1. The van der Waals surface area contributed by atoms with Gasteiger partial charge >= 0.3 is 12.0 Å². The van der Waals surface area contributed by atoms with Gasteiger partial charge in [0.25, 0.3) is 5.91 Å². The summed E-state index contributed by atoms with van der Waals surface area (Å²) in [4.78, 5) is 41.3. The van der Waals surface area contributed by atoms with E-state index in [1.165, 1.54) is 19.2 Å². The summed E-state index contributed by atoms with van der Waals surface area (Å²) in [7, 11) is 0. The number of hydrogen-bond acceptors (Lipinski definition) is 6. The van der Waals surface area contributed by atoms with Crippen molar-refractivity contribution in [3.8, 4) is 11.6 Å². The number of carbonyl (C=O) groups excluding carboxylic acids is 3. The van der Waals surface area contributed by atoms with Crippen LogP contribution in [0, 0.1) is 0 Å². The molecule has 0 bridgehead atoms. The third-order valence-electron chi connectivity index (χ3n) is 3.70. The molecule has 1 aliphatic heterocycles. The number of nitrogens with zero attached hydrogens (tertiary/aromatic N) is 2. The van der Waals surface area contributed by atoms with Crippen LogP contribution in [0.5, 0.6) is 11.6 Å². The van der Waals surface area contributed by atoms with E-state index in [0.29, 0.717) is 12.3 Å². The summed E-state index contributed by atoms with van der Waals surface area (Å²) in [5, 5.41) is 2.52. The van der Waals surface area contributed by atoms with Crippen molar-refractivity contribution in [3.63, 3.8) is 0 Å². The van der Waals surface area contributed by atoms with Crippen molar-refractivity contribution in [2.75, 3.05) is 13.1 Å². The highest BCUT2D eigenvalue weighted by Gasteiger charge is 2.32. The number of benzene rings is 1. The van der Waals surface area contributed by atoms with E-state index in [9.17, 15) is 14.4 Å². The fraction of sp³-hybridized carbons (Fsp3) is 0.222. The van der Waals surface area contributed by atoms with Gasteiger partial charge in [-0.2, -0.15) is 0 Å². The highest BCUT2D eigenvalue weighted by Crippen LogP contribution is 2.23. The van der Waals surface area contributed by atoms with Gasteiger partial charge in [0, 0.05) is 19.3 Å². The summed E-state index contributed by atoms with van der Waals surface area (Å²) in [5.41, 5.74) is 0.0851. The number of aromatic nitrogens is 1. The van der Waals surface area contributed by atoms with Gasteiger partial charge in [0.1, 0.15) is 11.3 Å². The van der Waals surface area contributed by atoms with Gasteiger partial charge in [0.2, 0.25) is 5.88 Å². The highest BCUT2D eigenvalue weighted by atomic mass is 16.6. The first kappa shape index (κ1) is 17.4. The predicted octanol–water partition coefficient (Wildman–Crippen LogP) is 1.97. The number of urea groups is 1. The molecule has 1 atom stereocenters. The molecule has 0 radical (unpaired) electrons. The number of ether oxygens (including phenoxy) is 2. The topological polar surface area (TPSA) is 97.8 Å². The van der Waals surface area contributed by atoms with Crippen LogP contribution in [0.25, 0.3) is 0 Å². The molecule has 0 aliphatic carbocycles. The smallest absolute Gasteiger partial charge is 0.344 e. The van der Waals surface area contributed by atoms with Crippen LogP contribution in [-0.4, -0.2) is 47.0 Å². The molecule has 3 amide bonds. The molecular formula is C18H17N3O5. The standard InChI is InChI=1S/C18H17N3O5/c1-12(16(22)21-11-10-20-18(21)24)25-17(23)14-8-5-9-19-15(14)26-13-6-3-2-4-7-13/h2-9,12H,10-11H2,1H3,(H,20,24)/t12-/m0/s1. The minimum Gasteiger partial charge on any atom is -0.449 e. The van der Waals surface area contributed by atoms with E-state index in [-0.39, 0.29) is 18.0 Å². The van der Waals surface area contributed by atoms with Gasteiger partial charge in [-0.15, -0.1) is 0 Å². The van der Waals surface area contributed by atoms with Gasteiger partial charge in [-0.1, -0.05) is 18.2 Å². The van der Waals surface area contributed by atoms with Crippen LogP contribution in [0.3, 0.4) is 0 Å². The Morgan fingerprint density at radius 3 is 2.65 bits per heavy atom. The molecule has 3 rings (SSSR count). The number of esters is 1. The molecule has 0 spiro atoms. The lowest BCUT2D eigenvalue weighted by Gasteiger charge is -2.18. The summed E-state index contributed by atoms with van der Waals surface area (Å²) in [6.07, 6.45) is 0.370. The number of carbonyl (C=O) groups is 3. The number of rotatable bonds is 5. The Kier molecular flexibility index (Phi) is 5.12. The molecule has 1 saturated heterocycles. The van der Waals surface area contributed by atoms with E-state index >= 15 is 0 Å². The van der Waals surface area contributed by atoms with Crippen molar-refractivity contribution in [2.45, 2.75) is 13.0 Å². The first-order valence-corrected chi connectivity index (χ1v) is 8.04. The molecule has 2 heterocycles. The molecule has 1 aromatic heterocycles. The average molecular weight is 355 g/mol. The number of amides is 3. The maximum Gasteiger partial charge on any atom is 0.344 e. The molecule has 1 fully saturated rings. The van der Waals surface area contributed by atoms with Crippen molar-refractivity contribution < 1.29 is 23.9 Å². The van der Waals surface area contributed by atoms with Crippen molar-refractivity contribution >= 4 is 17.9 Å². The lowest BCUT2D eigenvalue weighted by molar-refractivity contribution is -0.136. The Hall–Kier alpha value is -3.42. The molecule has 0 saturated carbocycles. The van der Waals surface area contributed by atoms with Crippen LogP contribution in [0.1, 0.15) is 17.3 Å². The Labute approximate surface area is 149 Å². The molecule has 8 heteroatoms. The van der Waals surface area contributed by atoms with E-state index in [2.05, 4.69) is 10.3 Å². The monoisotopic (exact) mass is 355 g/mol. The molecule has 1 aliphatic rings. The maximum absolute atomic E-state index is 12.5. The molecular weight excluding hydrogens is 338 g/mol. The zero-order valence-electron chi connectivity index (χ0n) is 14.0. The van der Waals surface area contributed by atoms with Gasteiger partial charge in [-0.3, -0.25) is 9.69 Å². The van der Waals surface area contributed by atoms with E-state index in [1.54, 1.807) is 30.3 Å². The van der Waals surface area contributed by atoms with Crippen LogP contribution < -0.4 is 10.1 Å². The van der Waals surface area contributed by atoms with Crippen LogP contribution in [-0.2, 0) is 9.53 Å². The molecule has 8 nitrogen and oxygen atoms in total. The van der Waals surface area contributed by atoms with Gasteiger partial charge in [-0.25, -0.2) is 14.6 Å². The Bertz CT molecular complexity index is 825. The normalized spacial score (nSPS) is 14.5. The van der Waals surface area contributed by atoms with Crippen molar-refractivity contribution in [2.24, 2.45) is 0 Å². The first-order chi connectivity index (χ1) is 12.6. The van der Waals surface area contributed by atoms with E-state index in [0.717, 1.165) is 4.90 Å². The minimum atomic E-state index is -1.11. The summed E-state index contributed by atoms with van der Waals surface area (Å²) in [6.45, 7) is 2.04. The number of para-hydroxylation sites is 1. The molecule has 1 N–H and O–H groups in total. The highest BCUT2D eigenvalue weighted by molar-refractivity contribution is 6.00. The van der Waals surface area contributed by atoms with E-state index in [4.69, 9.17) is 9.47 Å². The molecule has 134 valence electrons. The zero-order valence-corrected chi connectivity index (χ0v) is 14.0. The van der Waals surface area contributed by atoms with Crippen LogP contribution in [0.2, 0.25) is 0 Å². The zero-order chi connectivity index (χ0) is 18.5. The van der Waals surface area contributed by atoms with Gasteiger partial charge < -0.3 is 14.8 Å². The second kappa shape index (κ2) is 7.64. The number of pyridine rings is 1. The van der Waals surface area contributed by atoms with Gasteiger partial charge in [-0.05, 0) is 31.2 Å². The molecule has 1 aromatic carbocycles. The molecule has 0 unspecified atom stereocenters. The number of hydrogen-bond donors (Lipinski definition) is 1. The molecule has 2 aromatic rings. The lowest BCUT2D eigenvalue weighted by atomic mass is 10.2. The lowest BCUT2D eigenvalue weighted by Crippen LogP contribution is -2.41. The first-order valence-electron chi connectivity index (χ1n) is 8.04. The Morgan fingerprint density at radius 2 is 1.96 bits per heavy atom. The molecule has 26 heavy (non-hydrogen) atoms. The largest absolute Gasteiger partial charge is 0.449 e. The summed E-state index contributed by atoms with van der Waals surface area (Å²) in [6, 6.07) is 11.4. The van der Waals surface area contributed by atoms with E-state index in [1.807, 2.05) is 6.07 Å². The summed E-state index contributed by atoms with van der Waals surface area (Å²) in [5.74, 6) is -0.757. The van der Waals surface area contributed by atoms with Crippen LogP contribution in [0.4, 0.5) is 4.79 Å². The predicted molar refractivity (Wildman–Crippen MR) is 90.7 cm³/mol. The third kappa shape index (κ3) is 3.80. The van der Waals surface area contributed by atoms with Crippen molar-refractivity contribution in [3.05, 3.63) is 54.2 Å². The maximum atomic E-state index is 12.5. The summed E-state index contributed by atoms with van der Waals surface area (Å²) < 4.78 is 10.8. The quantitative estimate of drug-likeness (QED) is 0.824. The Morgan fingerprint density at radius 1 is 1.19 bits per heavy atom. The fourth-order valence-electron chi connectivity index (χ4n) is 2.40. The second-order valence-corrected chi connectivity index (χ2v) is 5.54. The van der Waals surface area contributed by atoms with Crippen molar-refractivity contribution in [1.82, 2.24) is 15.2 Å². The fourth-order valence-corrected chi connectivity index (χ4v) is 2.40. The summed E-state index contributed by atoms with van der Waals surface area (Å²) >= 11 is 0. The van der Waals surface area contributed by atoms with E-state index < -0.39 is 24.0 Å². The second-order valence-electron chi connectivity index (χ2n) is 5.54. The van der Waals surface area contributed by atoms with Crippen LogP contribution in [0.15, 0.2) is 48.7 Å². The SMILES string of the molecule is C[C@H](OC(=O)c1cccnc1Oc1ccccc1)C(=O)N1CCNC1=O. The minimum absolute atomic E-state index is 0.0715. The number of nitrogens with one attached hydrogen (secondary N) is 1. The van der Waals surface area contributed by atoms with Crippen LogP contribution >= 0.6 is 0 Å². The van der Waals surface area contributed by atoms with Gasteiger partial charge in [0.15, 0.2) is 6.10 Å². The Balaban J connectivity index is 1.71.